The van der Waals surface area contributed by atoms with Crippen molar-refractivity contribution < 1.29 is 4.79 Å². The Hall–Kier alpha value is -1.39. The number of amides is 1. The lowest BCUT2D eigenvalue weighted by molar-refractivity contribution is -0.122. The first-order chi connectivity index (χ1) is 9.78. The molecule has 20 heavy (non-hydrogen) atoms. The van der Waals surface area contributed by atoms with Crippen molar-refractivity contribution >= 4 is 5.91 Å². The zero-order chi connectivity index (χ0) is 14.2. The summed E-state index contributed by atoms with van der Waals surface area (Å²) in [6.45, 7) is 3.90. The number of rotatable bonds is 6. The molecule has 0 radical (unpaired) electrons. The maximum absolute atomic E-state index is 12.0. The maximum Gasteiger partial charge on any atom is 0.234 e. The highest BCUT2D eigenvalue weighted by atomic mass is 16.2. The lowest BCUT2D eigenvalue weighted by atomic mass is 9.95. The van der Waals surface area contributed by atoms with Gasteiger partial charge in [0.2, 0.25) is 5.91 Å². The van der Waals surface area contributed by atoms with Gasteiger partial charge in [0, 0.05) is 13.1 Å². The standard InChI is InChI=1S/C16H25N3O/c17-9-8-15-7-4-10-19(12-15)13-16(20)18-11-14-5-2-1-3-6-14/h1-3,5-6,15H,4,7-13,17H2,(H,18,20). The smallest absolute Gasteiger partial charge is 0.234 e. The van der Waals surface area contributed by atoms with Crippen LogP contribution < -0.4 is 11.1 Å². The maximum atomic E-state index is 12.0. The van der Waals surface area contributed by atoms with Gasteiger partial charge in [-0.3, -0.25) is 9.69 Å². The fourth-order valence-corrected chi connectivity index (χ4v) is 2.82. The molecular formula is C16H25N3O. The van der Waals surface area contributed by atoms with Crippen molar-refractivity contribution in [2.75, 3.05) is 26.2 Å². The van der Waals surface area contributed by atoms with Crippen molar-refractivity contribution in [3.05, 3.63) is 35.9 Å². The number of carbonyl (C=O) groups excluding carboxylic acids is 1. The van der Waals surface area contributed by atoms with Crippen LogP contribution in [0.3, 0.4) is 0 Å². The molecule has 1 saturated heterocycles. The Morgan fingerprint density at radius 1 is 1.35 bits per heavy atom. The number of piperidine rings is 1. The molecule has 1 aliphatic heterocycles. The molecule has 1 unspecified atom stereocenters. The summed E-state index contributed by atoms with van der Waals surface area (Å²) in [6, 6.07) is 10.0. The third kappa shape index (κ3) is 4.94. The van der Waals surface area contributed by atoms with Gasteiger partial charge < -0.3 is 11.1 Å². The van der Waals surface area contributed by atoms with Crippen molar-refractivity contribution in [3.63, 3.8) is 0 Å². The van der Waals surface area contributed by atoms with Crippen molar-refractivity contribution in [1.82, 2.24) is 10.2 Å². The van der Waals surface area contributed by atoms with Crippen molar-refractivity contribution in [2.45, 2.75) is 25.8 Å². The van der Waals surface area contributed by atoms with E-state index in [-0.39, 0.29) is 5.91 Å². The second kappa shape index (κ2) is 8.02. The zero-order valence-electron chi connectivity index (χ0n) is 12.1. The molecule has 1 aromatic rings. The number of likely N-dealkylation sites (tertiary alicyclic amines) is 1. The Balaban J connectivity index is 1.71. The Bertz CT molecular complexity index is 405. The minimum atomic E-state index is 0.113. The van der Waals surface area contributed by atoms with Gasteiger partial charge in [-0.2, -0.15) is 0 Å². The number of hydrogen-bond donors (Lipinski definition) is 2. The average molecular weight is 275 g/mol. The molecular weight excluding hydrogens is 250 g/mol. The number of nitrogens with zero attached hydrogens (tertiary/aromatic N) is 1. The molecule has 110 valence electrons. The summed E-state index contributed by atoms with van der Waals surface area (Å²) in [7, 11) is 0. The fourth-order valence-electron chi connectivity index (χ4n) is 2.82. The highest BCUT2D eigenvalue weighted by molar-refractivity contribution is 5.78. The van der Waals surface area contributed by atoms with Gasteiger partial charge >= 0.3 is 0 Å². The van der Waals surface area contributed by atoms with E-state index in [1.807, 2.05) is 30.3 Å². The predicted molar refractivity (Wildman–Crippen MR) is 81.1 cm³/mol. The highest BCUT2D eigenvalue weighted by Gasteiger charge is 2.20. The molecule has 2 rings (SSSR count). The minimum absolute atomic E-state index is 0.113. The molecule has 1 aromatic carbocycles. The van der Waals surface area contributed by atoms with Crippen LogP contribution in [0.1, 0.15) is 24.8 Å². The summed E-state index contributed by atoms with van der Waals surface area (Å²) in [5.41, 5.74) is 6.76. The fraction of sp³-hybridized carbons (Fsp3) is 0.562. The first-order valence-electron chi connectivity index (χ1n) is 7.51. The minimum Gasteiger partial charge on any atom is -0.351 e. The highest BCUT2D eigenvalue weighted by Crippen LogP contribution is 2.18. The quantitative estimate of drug-likeness (QED) is 0.824. The second-order valence-electron chi connectivity index (χ2n) is 5.58. The van der Waals surface area contributed by atoms with Gasteiger partial charge in [0.1, 0.15) is 0 Å². The zero-order valence-corrected chi connectivity index (χ0v) is 12.1. The molecule has 0 aliphatic carbocycles. The molecule has 3 N–H and O–H groups in total. The van der Waals surface area contributed by atoms with Gasteiger partial charge in [-0.15, -0.1) is 0 Å². The number of carbonyl (C=O) groups is 1. The van der Waals surface area contributed by atoms with Crippen LogP contribution in [0, 0.1) is 5.92 Å². The van der Waals surface area contributed by atoms with Crippen LogP contribution in [-0.4, -0.2) is 37.0 Å². The summed E-state index contributed by atoms with van der Waals surface area (Å²) in [4.78, 5) is 14.2. The topological polar surface area (TPSA) is 58.4 Å². The second-order valence-corrected chi connectivity index (χ2v) is 5.58. The third-order valence-corrected chi connectivity index (χ3v) is 3.88. The third-order valence-electron chi connectivity index (χ3n) is 3.88. The lowest BCUT2D eigenvalue weighted by Gasteiger charge is -2.32. The van der Waals surface area contributed by atoms with Crippen LogP contribution in [0.15, 0.2) is 30.3 Å². The van der Waals surface area contributed by atoms with Crippen LogP contribution in [0.5, 0.6) is 0 Å². The molecule has 1 atom stereocenters. The summed E-state index contributed by atoms with van der Waals surface area (Å²) < 4.78 is 0. The molecule has 1 aliphatic rings. The summed E-state index contributed by atoms with van der Waals surface area (Å²) in [5, 5.41) is 2.99. The molecule has 1 amide bonds. The molecule has 0 bridgehead atoms. The van der Waals surface area contributed by atoms with Crippen LogP contribution in [0.25, 0.3) is 0 Å². The van der Waals surface area contributed by atoms with E-state index in [2.05, 4.69) is 10.2 Å². The van der Waals surface area contributed by atoms with Crippen LogP contribution >= 0.6 is 0 Å². The number of benzene rings is 1. The Labute approximate surface area is 121 Å². The van der Waals surface area contributed by atoms with E-state index in [1.165, 1.54) is 12.8 Å². The van der Waals surface area contributed by atoms with E-state index in [0.29, 0.717) is 19.0 Å². The van der Waals surface area contributed by atoms with E-state index in [9.17, 15) is 4.79 Å². The first kappa shape index (κ1) is 15.0. The van der Waals surface area contributed by atoms with Gasteiger partial charge in [0.15, 0.2) is 0 Å². The van der Waals surface area contributed by atoms with Crippen LogP contribution in [-0.2, 0) is 11.3 Å². The summed E-state index contributed by atoms with van der Waals surface area (Å²) in [5.74, 6) is 0.776. The lowest BCUT2D eigenvalue weighted by Crippen LogP contribution is -2.42. The molecule has 1 fully saturated rings. The van der Waals surface area contributed by atoms with E-state index in [1.54, 1.807) is 0 Å². The number of nitrogens with two attached hydrogens (primary N) is 1. The van der Waals surface area contributed by atoms with E-state index >= 15 is 0 Å². The Morgan fingerprint density at radius 2 is 2.15 bits per heavy atom. The largest absolute Gasteiger partial charge is 0.351 e. The number of nitrogens with one attached hydrogen (secondary N) is 1. The summed E-state index contributed by atoms with van der Waals surface area (Å²) in [6.07, 6.45) is 3.50. The SMILES string of the molecule is NCCC1CCCN(CC(=O)NCc2ccccc2)C1. The van der Waals surface area contributed by atoms with Crippen molar-refractivity contribution in [1.29, 1.82) is 0 Å². The normalized spacial score (nSPS) is 19.8. The molecule has 0 saturated carbocycles. The van der Waals surface area contributed by atoms with Gasteiger partial charge in [-0.1, -0.05) is 30.3 Å². The van der Waals surface area contributed by atoms with Gasteiger partial charge in [0.05, 0.1) is 6.54 Å². The Morgan fingerprint density at radius 3 is 2.90 bits per heavy atom. The monoisotopic (exact) mass is 275 g/mol. The van der Waals surface area contributed by atoms with E-state index in [0.717, 1.165) is 31.6 Å². The van der Waals surface area contributed by atoms with Gasteiger partial charge in [-0.25, -0.2) is 0 Å². The van der Waals surface area contributed by atoms with Crippen molar-refractivity contribution in [2.24, 2.45) is 11.7 Å². The molecule has 0 spiro atoms. The molecule has 0 aromatic heterocycles. The number of hydrogen-bond acceptors (Lipinski definition) is 3. The molecule has 4 heteroatoms. The van der Waals surface area contributed by atoms with E-state index < -0.39 is 0 Å². The average Bonchev–Trinajstić information content (AvgIpc) is 2.47. The van der Waals surface area contributed by atoms with Crippen LogP contribution in [0.2, 0.25) is 0 Å². The molecule has 4 nitrogen and oxygen atoms in total. The predicted octanol–water partition coefficient (Wildman–Crippen LogP) is 1.36. The van der Waals surface area contributed by atoms with Crippen molar-refractivity contribution in [3.8, 4) is 0 Å². The first-order valence-corrected chi connectivity index (χ1v) is 7.51. The summed E-state index contributed by atoms with van der Waals surface area (Å²) >= 11 is 0. The van der Waals surface area contributed by atoms with E-state index in [4.69, 9.17) is 5.73 Å². The Kier molecular flexibility index (Phi) is 6.02. The molecule has 1 heterocycles. The van der Waals surface area contributed by atoms with Crippen LogP contribution in [0.4, 0.5) is 0 Å². The van der Waals surface area contributed by atoms with Gasteiger partial charge in [0.25, 0.3) is 0 Å². The van der Waals surface area contributed by atoms with Gasteiger partial charge in [-0.05, 0) is 43.8 Å².